The standard InChI is InChI=1S/C20H28N4O2S/c1-2-3-11-21-19(25)15-27-20-23-22-18(13-16-8-5-4-6-9-16)24(20)14-17-10-7-12-26-17/h4-6,8-9,17H,2-3,7,10-15H2,1H3,(H,21,25)/t17-/m1/s1. The van der Waals surface area contributed by atoms with E-state index in [1.165, 1.54) is 17.3 Å². The Morgan fingerprint density at radius 1 is 1.33 bits per heavy atom. The molecule has 1 aliphatic heterocycles. The topological polar surface area (TPSA) is 69.0 Å². The van der Waals surface area contributed by atoms with E-state index in [1.54, 1.807) is 0 Å². The normalized spacial score (nSPS) is 16.6. The highest BCUT2D eigenvalue weighted by atomic mass is 32.2. The third kappa shape index (κ3) is 6.07. The van der Waals surface area contributed by atoms with Crippen LogP contribution in [0.1, 0.15) is 44.0 Å². The number of aromatic nitrogens is 3. The van der Waals surface area contributed by atoms with Gasteiger partial charge in [0.1, 0.15) is 5.82 Å². The lowest BCUT2D eigenvalue weighted by atomic mass is 10.1. The highest BCUT2D eigenvalue weighted by Gasteiger charge is 2.21. The van der Waals surface area contributed by atoms with Crippen LogP contribution in [0.5, 0.6) is 0 Å². The van der Waals surface area contributed by atoms with Crippen LogP contribution in [0.25, 0.3) is 0 Å². The maximum atomic E-state index is 12.0. The minimum atomic E-state index is 0.0460. The van der Waals surface area contributed by atoms with E-state index in [0.717, 1.165) is 62.8 Å². The molecule has 1 aromatic heterocycles. The lowest BCUT2D eigenvalue weighted by Crippen LogP contribution is -2.26. The van der Waals surface area contributed by atoms with Gasteiger partial charge in [-0.15, -0.1) is 10.2 Å². The highest BCUT2D eigenvalue weighted by Crippen LogP contribution is 2.22. The fraction of sp³-hybridized carbons (Fsp3) is 0.550. The predicted molar refractivity (Wildman–Crippen MR) is 107 cm³/mol. The molecule has 2 aromatic rings. The Balaban J connectivity index is 1.67. The minimum Gasteiger partial charge on any atom is -0.376 e. The summed E-state index contributed by atoms with van der Waals surface area (Å²) in [4.78, 5) is 12.0. The molecule has 0 bridgehead atoms. The molecule has 2 heterocycles. The molecule has 7 heteroatoms. The monoisotopic (exact) mass is 388 g/mol. The Hall–Kier alpha value is -1.86. The van der Waals surface area contributed by atoms with Crippen LogP contribution in [0.4, 0.5) is 0 Å². The molecule has 0 spiro atoms. The Bertz CT molecular complexity index is 714. The number of benzene rings is 1. The molecule has 1 aliphatic rings. The van der Waals surface area contributed by atoms with Crippen LogP contribution < -0.4 is 5.32 Å². The third-order valence-corrected chi connectivity index (χ3v) is 5.56. The lowest BCUT2D eigenvalue weighted by Gasteiger charge is -2.14. The van der Waals surface area contributed by atoms with E-state index in [1.807, 2.05) is 18.2 Å². The Morgan fingerprint density at radius 2 is 2.19 bits per heavy atom. The van der Waals surface area contributed by atoms with Gasteiger partial charge in [0.25, 0.3) is 0 Å². The summed E-state index contributed by atoms with van der Waals surface area (Å²) in [6.07, 6.45) is 5.17. The van der Waals surface area contributed by atoms with Crippen LogP contribution in [0.15, 0.2) is 35.5 Å². The zero-order valence-electron chi connectivity index (χ0n) is 15.9. The Morgan fingerprint density at radius 3 is 2.93 bits per heavy atom. The number of ether oxygens (including phenoxy) is 1. The van der Waals surface area contributed by atoms with Gasteiger partial charge in [-0.2, -0.15) is 0 Å². The van der Waals surface area contributed by atoms with E-state index < -0.39 is 0 Å². The fourth-order valence-electron chi connectivity index (χ4n) is 3.10. The van der Waals surface area contributed by atoms with Gasteiger partial charge in [0, 0.05) is 19.6 Å². The van der Waals surface area contributed by atoms with Crippen LogP contribution in [-0.2, 0) is 22.5 Å². The molecular formula is C20H28N4O2S. The average Bonchev–Trinajstić information content (AvgIpc) is 3.32. The summed E-state index contributed by atoms with van der Waals surface area (Å²) in [5.41, 5.74) is 1.20. The molecule has 0 radical (unpaired) electrons. The van der Waals surface area contributed by atoms with Gasteiger partial charge in [-0.1, -0.05) is 55.4 Å². The van der Waals surface area contributed by atoms with E-state index >= 15 is 0 Å². The van der Waals surface area contributed by atoms with E-state index in [9.17, 15) is 4.79 Å². The second-order valence-electron chi connectivity index (χ2n) is 6.80. The van der Waals surface area contributed by atoms with Crippen molar-refractivity contribution in [1.82, 2.24) is 20.1 Å². The molecule has 1 atom stereocenters. The van der Waals surface area contributed by atoms with Crippen molar-refractivity contribution in [3.63, 3.8) is 0 Å². The molecule has 0 aliphatic carbocycles. The largest absolute Gasteiger partial charge is 0.376 e. The first-order chi connectivity index (χ1) is 13.3. The first-order valence-corrected chi connectivity index (χ1v) is 10.7. The summed E-state index contributed by atoms with van der Waals surface area (Å²) < 4.78 is 7.94. The average molecular weight is 389 g/mol. The molecule has 1 N–H and O–H groups in total. The molecule has 1 fully saturated rings. The number of hydrogen-bond acceptors (Lipinski definition) is 5. The molecular weight excluding hydrogens is 360 g/mol. The Labute approximate surface area is 165 Å². The smallest absolute Gasteiger partial charge is 0.230 e. The van der Waals surface area contributed by atoms with E-state index in [-0.39, 0.29) is 12.0 Å². The quantitative estimate of drug-likeness (QED) is 0.500. The van der Waals surface area contributed by atoms with Gasteiger partial charge in [-0.25, -0.2) is 0 Å². The number of unbranched alkanes of at least 4 members (excludes halogenated alkanes) is 1. The van der Waals surface area contributed by atoms with Gasteiger partial charge in [0.2, 0.25) is 5.91 Å². The SMILES string of the molecule is CCCCNC(=O)CSc1nnc(Cc2ccccc2)n1C[C@H]1CCCO1. The minimum absolute atomic E-state index is 0.0460. The summed E-state index contributed by atoms with van der Waals surface area (Å²) in [6.45, 7) is 4.42. The van der Waals surface area contributed by atoms with E-state index in [4.69, 9.17) is 4.74 Å². The van der Waals surface area contributed by atoms with Gasteiger partial charge in [-0.05, 0) is 24.8 Å². The van der Waals surface area contributed by atoms with Gasteiger partial charge >= 0.3 is 0 Å². The molecule has 6 nitrogen and oxygen atoms in total. The number of hydrogen-bond donors (Lipinski definition) is 1. The van der Waals surface area contributed by atoms with Crippen molar-refractivity contribution in [2.45, 2.75) is 56.8 Å². The number of carbonyl (C=O) groups is 1. The van der Waals surface area contributed by atoms with Gasteiger partial charge < -0.3 is 14.6 Å². The molecule has 1 saturated heterocycles. The van der Waals surface area contributed by atoms with Crippen molar-refractivity contribution >= 4 is 17.7 Å². The number of thioether (sulfide) groups is 1. The van der Waals surface area contributed by atoms with Crippen molar-refractivity contribution < 1.29 is 9.53 Å². The molecule has 1 amide bonds. The predicted octanol–water partition coefficient (Wildman–Crippen LogP) is 3.06. The lowest BCUT2D eigenvalue weighted by molar-refractivity contribution is -0.118. The molecule has 0 unspecified atom stereocenters. The van der Waals surface area contributed by atoms with E-state index in [2.05, 4.69) is 39.1 Å². The molecule has 27 heavy (non-hydrogen) atoms. The van der Waals surface area contributed by atoms with Crippen molar-refractivity contribution in [1.29, 1.82) is 0 Å². The summed E-state index contributed by atoms with van der Waals surface area (Å²) in [7, 11) is 0. The van der Waals surface area contributed by atoms with Gasteiger partial charge in [-0.3, -0.25) is 4.79 Å². The zero-order valence-corrected chi connectivity index (χ0v) is 16.7. The summed E-state index contributed by atoms with van der Waals surface area (Å²) in [5.74, 6) is 1.33. The zero-order chi connectivity index (χ0) is 18.9. The van der Waals surface area contributed by atoms with Crippen LogP contribution in [0, 0.1) is 0 Å². The van der Waals surface area contributed by atoms with Gasteiger partial charge in [0.15, 0.2) is 5.16 Å². The Kier molecular flexibility index (Phi) is 7.71. The number of nitrogens with one attached hydrogen (secondary N) is 1. The second-order valence-corrected chi connectivity index (χ2v) is 7.74. The van der Waals surface area contributed by atoms with Crippen LogP contribution >= 0.6 is 11.8 Å². The highest BCUT2D eigenvalue weighted by molar-refractivity contribution is 7.99. The first kappa shape index (κ1) is 19.9. The van der Waals surface area contributed by atoms with Crippen molar-refractivity contribution in [2.24, 2.45) is 0 Å². The number of amides is 1. The van der Waals surface area contributed by atoms with Crippen molar-refractivity contribution in [3.05, 3.63) is 41.7 Å². The summed E-state index contributed by atoms with van der Waals surface area (Å²) >= 11 is 1.45. The molecule has 1 aromatic carbocycles. The molecule has 146 valence electrons. The van der Waals surface area contributed by atoms with Crippen LogP contribution in [0.2, 0.25) is 0 Å². The number of rotatable bonds is 10. The second kappa shape index (κ2) is 10.5. The maximum Gasteiger partial charge on any atom is 0.230 e. The summed E-state index contributed by atoms with van der Waals surface area (Å²) in [5, 5.41) is 12.5. The first-order valence-electron chi connectivity index (χ1n) is 9.73. The third-order valence-electron chi connectivity index (χ3n) is 4.59. The molecule has 3 rings (SSSR count). The van der Waals surface area contributed by atoms with Crippen LogP contribution in [0.3, 0.4) is 0 Å². The number of carbonyl (C=O) groups excluding carboxylic acids is 1. The maximum absolute atomic E-state index is 12.0. The number of nitrogens with zero attached hydrogens (tertiary/aromatic N) is 3. The summed E-state index contributed by atoms with van der Waals surface area (Å²) in [6, 6.07) is 10.3. The van der Waals surface area contributed by atoms with E-state index in [0.29, 0.717) is 5.75 Å². The molecule has 0 saturated carbocycles. The van der Waals surface area contributed by atoms with Crippen molar-refractivity contribution in [2.75, 3.05) is 18.9 Å². The fourth-order valence-corrected chi connectivity index (χ4v) is 3.89. The van der Waals surface area contributed by atoms with Crippen molar-refractivity contribution in [3.8, 4) is 0 Å². The van der Waals surface area contributed by atoms with Crippen LogP contribution in [-0.4, -0.2) is 45.7 Å². The van der Waals surface area contributed by atoms with Gasteiger partial charge in [0.05, 0.1) is 18.4 Å².